The summed E-state index contributed by atoms with van der Waals surface area (Å²) in [4.78, 5) is 99.6. The first-order valence-corrected chi connectivity index (χ1v) is 17.7. The molecule has 1 aromatic rings. The summed E-state index contributed by atoms with van der Waals surface area (Å²) in [5.41, 5.74) is 6.02. The highest BCUT2D eigenvalue weighted by Crippen LogP contribution is 2.31. The van der Waals surface area contributed by atoms with Gasteiger partial charge in [0.2, 0.25) is 43.6 Å². The molecule has 0 radical (unpaired) electrons. The Labute approximate surface area is 321 Å². The highest BCUT2D eigenvalue weighted by Gasteiger charge is 2.48. The summed E-state index contributed by atoms with van der Waals surface area (Å²) in [5.74, 6) is -6.60. The number of nitrogens with one attached hydrogen (secondary N) is 4. The van der Waals surface area contributed by atoms with Crippen molar-refractivity contribution in [1.29, 1.82) is 0 Å². The van der Waals surface area contributed by atoms with Crippen molar-refractivity contribution in [1.82, 2.24) is 20.9 Å². The van der Waals surface area contributed by atoms with E-state index in [0.29, 0.717) is 29.8 Å². The van der Waals surface area contributed by atoms with Crippen molar-refractivity contribution < 1.29 is 73.0 Å². The summed E-state index contributed by atoms with van der Waals surface area (Å²) >= 11 is 0. The number of unbranched alkanes of at least 4 members (excludes halogenated alkanes) is 1. The van der Waals surface area contributed by atoms with Gasteiger partial charge in [0.1, 0.15) is 42.8 Å². The van der Waals surface area contributed by atoms with Gasteiger partial charge in [0.15, 0.2) is 6.10 Å². The van der Waals surface area contributed by atoms with Crippen LogP contribution < -0.4 is 31.7 Å². The number of nitrogens with two attached hydrogens (primary N) is 1. The van der Waals surface area contributed by atoms with E-state index in [2.05, 4.69) is 21.3 Å². The van der Waals surface area contributed by atoms with E-state index in [1.807, 2.05) is 0 Å². The maximum absolute atomic E-state index is 13.3. The highest BCUT2D eigenvalue weighted by atomic mass is 16.7. The topological polar surface area (TPSA) is 323 Å². The maximum Gasteiger partial charge on any atom is 0.335 e. The number of imide groups is 1. The molecule has 306 valence electrons. The van der Waals surface area contributed by atoms with E-state index in [4.69, 9.17) is 19.9 Å². The number of aliphatic hydroxyl groups excluding tert-OH is 3. The van der Waals surface area contributed by atoms with Crippen molar-refractivity contribution in [3.8, 4) is 5.75 Å². The zero-order valence-electron chi connectivity index (χ0n) is 31.0. The molecule has 2 aliphatic rings. The van der Waals surface area contributed by atoms with Crippen molar-refractivity contribution in [2.45, 2.75) is 88.9 Å². The molecular formula is C34H47BN6O15. The first kappa shape index (κ1) is 45.0. The molecular weight excluding hydrogens is 743 g/mol. The third kappa shape index (κ3) is 12.6. The van der Waals surface area contributed by atoms with Crippen LogP contribution in [-0.4, -0.2) is 143 Å². The summed E-state index contributed by atoms with van der Waals surface area (Å²) in [6, 6.07) is 1.45. The molecule has 6 amide bonds. The van der Waals surface area contributed by atoms with Crippen LogP contribution in [0.4, 0.5) is 10.5 Å². The lowest BCUT2D eigenvalue weighted by Crippen LogP contribution is -2.61. The van der Waals surface area contributed by atoms with Gasteiger partial charge in [0.05, 0.1) is 5.69 Å². The molecule has 2 heterocycles. The number of amides is 6. The molecule has 1 saturated heterocycles. The molecule has 21 nitrogen and oxygen atoms in total. The number of hydrogen-bond donors (Lipinski definition) is 9. The summed E-state index contributed by atoms with van der Waals surface area (Å²) < 4.78 is 15.8. The average Bonchev–Trinajstić information content (AvgIpc) is 3.47. The first-order chi connectivity index (χ1) is 26.4. The van der Waals surface area contributed by atoms with Gasteiger partial charge in [-0.15, -0.1) is 0 Å². The minimum Gasteiger partial charge on any atom is -0.479 e. The van der Waals surface area contributed by atoms with Crippen LogP contribution in [0.5, 0.6) is 5.75 Å². The summed E-state index contributed by atoms with van der Waals surface area (Å²) in [6.45, 7) is 2.84. The fraction of sp³-hybridized carbons (Fsp3) is 0.529. The highest BCUT2D eigenvalue weighted by molar-refractivity contribution is 6.55. The second kappa shape index (κ2) is 21.0. The maximum atomic E-state index is 13.3. The normalized spacial score (nSPS) is 21.6. The number of carboxylic acids is 1. The molecule has 1 fully saturated rings. The number of carbonyl (C=O) groups excluding carboxylic acids is 7. The van der Waals surface area contributed by atoms with Crippen molar-refractivity contribution in [3.05, 3.63) is 35.9 Å². The van der Waals surface area contributed by atoms with E-state index >= 15 is 0 Å². The lowest BCUT2D eigenvalue weighted by atomic mass is 9.99. The molecule has 56 heavy (non-hydrogen) atoms. The molecule has 3 rings (SSSR count). The lowest BCUT2D eigenvalue weighted by Gasteiger charge is -2.38. The Bertz CT molecular complexity index is 1660. The summed E-state index contributed by atoms with van der Waals surface area (Å²) in [5, 5.41) is 50.4. The predicted octanol–water partition coefficient (Wildman–Crippen LogP) is -3.65. The molecule has 0 aliphatic carbocycles. The Hall–Kier alpha value is -5.42. The van der Waals surface area contributed by atoms with E-state index in [-0.39, 0.29) is 49.3 Å². The molecule has 10 N–H and O–H groups in total. The van der Waals surface area contributed by atoms with Crippen LogP contribution in [0.3, 0.4) is 0 Å². The fourth-order valence-electron chi connectivity index (χ4n) is 5.44. The number of nitrogens with zero attached hydrogens (tertiary/aromatic N) is 1. The Morgan fingerprint density at radius 2 is 1.59 bits per heavy atom. The van der Waals surface area contributed by atoms with Crippen LogP contribution in [0.2, 0.25) is 0 Å². The molecule has 22 heteroatoms. The number of carbonyl (C=O) groups is 8. The average molecular weight is 791 g/mol. The minimum absolute atomic E-state index is 0.0676. The SMILES string of the molecule is BC(=O)OCc1ccc(O[C@@H]2O[C@H](C(=O)O)[C@@H](O)[C@H](O)[C@H]2O)c(NC(=O)CCNC(=O)[C@H](CCCCNC(=O)C(C)C)NC(=O)[C@H](CN)N2C(=O)C=CC2=O)c1. The number of anilines is 1. The Morgan fingerprint density at radius 3 is 2.20 bits per heavy atom. The Morgan fingerprint density at radius 1 is 0.929 bits per heavy atom. The van der Waals surface area contributed by atoms with Gasteiger partial charge >= 0.3 is 5.97 Å². The monoisotopic (exact) mass is 790 g/mol. The van der Waals surface area contributed by atoms with Gasteiger partial charge in [-0.05, 0) is 37.0 Å². The standard InChI is InChI=1S/C34H47BN6O15/c1-16(2)29(48)37-11-4-3-5-18(40-31(50)20(14-36)41-23(43)8-9-24(41)44)30(49)38-12-10-22(42)39-19-13-17(15-54-34(35)53)6-7-21(19)55-33-27(47)25(45)26(46)28(56-33)32(51)52/h6-9,13,16,18,20,25-28,33,45-47H,3-5,10-12,14-15,35-36H2,1-2H3,(H,37,48)(H,38,49)(H,39,42)(H,40,50)(H,51,52)/t18-,20-,25-,26-,27+,28-,33+/m0/s1. The van der Waals surface area contributed by atoms with Crippen LogP contribution in [0, 0.1) is 5.92 Å². The number of ether oxygens (including phenoxy) is 3. The van der Waals surface area contributed by atoms with Gasteiger partial charge in [0, 0.05) is 44.1 Å². The molecule has 0 bridgehead atoms. The van der Waals surface area contributed by atoms with E-state index in [1.54, 1.807) is 13.8 Å². The van der Waals surface area contributed by atoms with Crippen LogP contribution in [0.25, 0.3) is 0 Å². The largest absolute Gasteiger partial charge is 0.479 e. The van der Waals surface area contributed by atoms with Gasteiger partial charge in [-0.2, -0.15) is 0 Å². The van der Waals surface area contributed by atoms with Crippen LogP contribution >= 0.6 is 0 Å². The second-order valence-electron chi connectivity index (χ2n) is 13.2. The molecule has 0 saturated carbocycles. The van der Waals surface area contributed by atoms with E-state index in [9.17, 15) is 58.8 Å². The molecule has 2 aliphatic heterocycles. The fourth-order valence-corrected chi connectivity index (χ4v) is 5.44. The van der Waals surface area contributed by atoms with E-state index < -0.39 is 90.7 Å². The van der Waals surface area contributed by atoms with Gasteiger partial charge < -0.3 is 61.6 Å². The van der Waals surface area contributed by atoms with Gasteiger partial charge in [-0.25, -0.2) is 4.79 Å². The third-order valence-electron chi connectivity index (χ3n) is 8.52. The predicted molar refractivity (Wildman–Crippen MR) is 194 cm³/mol. The number of aliphatic hydroxyl groups is 3. The van der Waals surface area contributed by atoms with Gasteiger partial charge in [-0.1, -0.05) is 19.9 Å². The first-order valence-electron chi connectivity index (χ1n) is 17.7. The second-order valence-corrected chi connectivity index (χ2v) is 13.2. The van der Waals surface area contributed by atoms with Gasteiger partial charge in [0.25, 0.3) is 11.8 Å². The van der Waals surface area contributed by atoms with Crippen LogP contribution in [0.1, 0.15) is 45.1 Å². The lowest BCUT2D eigenvalue weighted by molar-refractivity contribution is -0.271. The summed E-state index contributed by atoms with van der Waals surface area (Å²) in [7, 11) is 1.18. The van der Waals surface area contributed by atoms with Crippen molar-refractivity contribution in [3.63, 3.8) is 0 Å². The van der Waals surface area contributed by atoms with Crippen LogP contribution in [-0.2, 0) is 49.6 Å². The summed E-state index contributed by atoms with van der Waals surface area (Å²) in [6.07, 6.45) is -7.18. The van der Waals surface area contributed by atoms with Crippen molar-refractivity contribution >= 4 is 60.8 Å². The number of benzene rings is 1. The zero-order valence-corrected chi connectivity index (χ0v) is 31.0. The molecule has 0 aromatic heterocycles. The van der Waals surface area contributed by atoms with Crippen molar-refractivity contribution in [2.24, 2.45) is 11.7 Å². The number of hydrogen-bond acceptors (Lipinski definition) is 15. The Balaban J connectivity index is 1.70. The van der Waals surface area contributed by atoms with Gasteiger partial charge in [-0.3, -0.25) is 38.5 Å². The van der Waals surface area contributed by atoms with E-state index in [0.717, 1.165) is 12.2 Å². The number of rotatable bonds is 20. The van der Waals surface area contributed by atoms with E-state index in [1.165, 1.54) is 26.0 Å². The molecule has 1 aromatic carbocycles. The molecule has 0 spiro atoms. The number of carboxylic acid groups (broad SMARTS) is 1. The number of aliphatic carboxylic acids is 1. The minimum atomic E-state index is -1.98. The zero-order chi connectivity index (χ0) is 41.7. The quantitative estimate of drug-likeness (QED) is 0.0349. The van der Waals surface area contributed by atoms with Crippen molar-refractivity contribution in [2.75, 3.05) is 25.0 Å². The molecule has 0 unspecified atom stereocenters. The van der Waals surface area contributed by atoms with Crippen LogP contribution in [0.15, 0.2) is 30.4 Å². The third-order valence-corrected chi connectivity index (χ3v) is 8.52. The Kier molecular flexibility index (Phi) is 16.9. The molecule has 7 atom stereocenters. The smallest absolute Gasteiger partial charge is 0.335 e.